The predicted molar refractivity (Wildman–Crippen MR) is 132 cm³/mol. The van der Waals surface area contributed by atoms with Crippen LogP contribution in [0.2, 0.25) is 0 Å². The van der Waals surface area contributed by atoms with Gasteiger partial charge in [-0.3, -0.25) is 19.0 Å². The van der Waals surface area contributed by atoms with Gasteiger partial charge in [-0.1, -0.05) is 54.1 Å². The van der Waals surface area contributed by atoms with Crippen molar-refractivity contribution < 1.29 is 9.53 Å². The van der Waals surface area contributed by atoms with Gasteiger partial charge in [0.15, 0.2) is 0 Å². The molecule has 0 aliphatic rings. The highest BCUT2D eigenvalue weighted by Gasteiger charge is 2.14. The number of rotatable bonds is 8. The van der Waals surface area contributed by atoms with Gasteiger partial charge in [-0.25, -0.2) is 0 Å². The van der Waals surface area contributed by atoms with Gasteiger partial charge in [-0.05, 0) is 42.3 Å². The molecule has 1 aromatic heterocycles. The fourth-order valence-corrected chi connectivity index (χ4v) is 3.91. The van der Waals surface area contributed by atoms with Crippen molar-refractivity contribution in [1.29, 1.82) is 0 Å². The number of aromatic nitrogens is 2. The van der Waals surface area contributed by atoms with Crippen molar-refractivity contribution in [2.45, 2.75) is 33.0 Å². The molecule has 4 rings (SSSR count). The predicted octanol–water partition coefficient (Wildman–Crippen LogP) is 3.24. The van der Waals surface area contributed by atoms with Crippen molar-refractivity contribution >= 4 is 16.9 Å². The molecule has 0 aliphatic heterocycles. The van der Waals surface area contributed by atoms with Crippen LogP contribution in [-0.4, -0.2) is 22.2 Å². The second kappa shape index (κ2) is 10.2. The van der Waals surface area contributed by atoms with Crippen molar-refractivity contribution in [2.75, 3.05) is 7.11 Å². The molecule has 1 heterocycles. The van der Waals surface area contributed by atoms with Gasteiger partial charge in [0, 0.05) is 19.5 Å². The Hall–Kier alpha value is -4.13. The minimum absolute atomic E-state index is 0.0787. The number of para-hydroxylation sites is 2. The number of benzene rings is 3. The van der Waals surface area contributed by atoms with E-state index < -0.39 is 11.1 Å². The third kappa shape index (κ3) is 5.09. The van der Waals surface area contributed by atoms with E-state index in [0.29, 0.717) is 24.1 Å². The van der Waals surface area contributed by atoms with E-state index in [2.05, 4.69) is 5.32 Å². The van der Waals surface area contributed by atoms with Crippen LogP contribution in [0.25, 0.3) is 11.0 Å². The summed E-state index contributed by atoms with van der Waals surface area (Å²) in [7, 11) is 1.59. The van der Waals surface area contributed by atoms with Crippen molar-refractivity contribution in [2.24, 2.45) is 0 Å². The topological polar surface area (TPSA) is 82.3 Å². The average molecular weight is 458 g/mol. The van der Waals surface area contributed by atoms with Crippen LogP contribution in [0.5, 0.6) is 5.75 Å². The quantitative estimate of drug-likeness (QED) is 0.412. The molecule has 0 atom stereocenters. The van der Waals surface area contributed by atoms with Gasteiger partial charge in [0.25, 0.3) is 0 Å². The van der Waals surface area contributed by atoms with Gasteiger partial charge in [0.05, 0.1) is 24.7 Å². The summed E-state index contributed by atoms with van der Waals surface area (Å²) in [5, 5.41) is 2.86. The van der Waals surface area contributed by atoms with Gasteiger partial charge >= 0.3 is 11.1 Å². The second-order valence-corrected chi connectivity index (χ2v) is 8.20. The highest BCUT2D eigenvalue weighted by Crippen LogP contribution is 2.14. The van der Waals surface area contributed by atoms with Crippen LogP contribution in [0.3, 0.4) is 0 Å². The standard InChI is InChI=1S/C27H27N3O4/c1-19-10-12-20(13-11-19)18-30-24-9-4-3-8-23(24)29(26(32)27(30)33)15-14-25(31)28-17-21-6-5-7-22(16-21)34-2/h3-13,16H,14-15,17-18H2,1-2H3,(H,28,31). The molecule has 174 valence electrons. The van der Waals surface area contributed by atoms with Crippen molar-refractivity contribution in [3.63, 3.8) is 0 Å². The number of fused-ring (bicyclic) bond motifs is 1. The number of carbonyl (C=O) groups excluding carboxylic acids is 1. The molecule has 0 fully saturated rings. The molecule has 7 nitrogen and oxygen atoms in total. The Kier molecular flexibility index (Phi) is 6.92. The number of ether oxygens (including phenoxy) is 1. The number of carbonyl (C=O) groups is 1. The van der Waals surface area contributed by atoms with Gasteiger partial charge < -0.3 is 14.6 Å². The Labute approximate surface area is 197 Å². The van der Waals surface area contributed by atoms with E-state index in [0.717, 1.165) is 22.4 Å². The smallest absolute Gasteiger partial charge is 0.317 e. The van der Waals surface area contributed by atoms with E-state index in [-0.39, 0.29) is 18.9 Å². The van der Waals surface area contributed by atoms with E-state index in [1.165, 1.54) is 9.13 Å². The molecule has 0 unspecified atom stereocenters. The summed E-state index contributed by atoms with van der Waals surface area (Å²) >= 11 is 0. The molecule has 0 saturated carbocycles. The van der Waals surface area contributed by atoms with E-state index in [9.17, 15) is 14.4 Å². The SMILES string of the molecule is COc1cccc(CNC(=O)CCn2c(=O)c(=O)n(Cc3ccc(C)cc3)c3ccccc32)c1. The van der Waals surface area contributed by atoms with Gasteiger partial charge in [-0.15, -0.1) is 0 Å². The number of hydrogen-bond acceptors (Lipinski definition) is 4. The lowest BCUT2D eigenvalue weighted by Gasteiger charge is -2.15. The number of nitrogens with one attached hydrogen (secondary N) is 1. The Morgan fingerprint density at radius 2 is 1.53 bits per heavy atom. The first kappa shape index (κ1) is 23.0. The molecule has 0 radical (unpaired) electrons. The van der Waals surface area contributed by atoms with Crippen LogP contribution >= 0.6 is 0 Å². The minimum Gasteiger partial charge on any atom is -0.497 e. The molecule has 0 aliphatic carbocycles. The summed E-state index contributed by atoms with van der Waals surface area (Å²) in [5.41, 5.74) is 3.02. The molecule has 0 spiro atoms. The van der Waals surface area contributed by atoms with Crippen molar-refractivity contribution in [3.05, 3.63) is 110 Å². The monoisotopic (exact) mass is 457 g/mol. The maximum atomic E-state index is 13.0. The summed E-state index contributed by atoms with van der Waals surface area (Å²) in [6.45, 7) is 2.77. The fraction of sp³-hybridized carbons (Fsp3) is 0.222. The summed E-state index contributed by atoms with van der Waals surface area (Å²) in [4.78, 5) is 38.5. The van der Waals surface area contributed by atoms with E-state index >= 15 is 0 Å². The van der Waals surface area contributed by atoms with E-state index in [1.54, 1.807) is 13.2 Å². The number of hydrogen-bond donors (Lipinski definition) is 1. The summed E-state index contributed by atoms with van der Waals surface area (Å²) in [5.74, 6) is 0.513. The molecule has 7 heteroatoms. The lowest BCUT2D eigenvalue weighted by atomic mass is 10.1. The molecule has 4 aromatic rings. The second-order valence-electron chi connectivity index (χ2n) is 8.20. The Morgan fingerprint density at radius 1 is 0.853 bits per heavy atom. The summed E-state index contributed by atoms with van der Waals surface area (Å²) in [6.07, 6.45) is 0.0787. The molecule has 1 amide bonds. The zero-order chi connectivity index (χ0) is 24.1. The number of aryl methyl sites for hydroxylation is 2. The molecule has 0 bridgehead atoms. The highest BCUT2D eigenvalue weighted by molar-refractivity contribution is 5.77. The molecule has 1 N–H and O–H groups in total. The van der Waals surface area contributed by atoms with Crippen molar-refractivity contribution in [1.82, 2.24) is 14.5 Å². The van der Waals surface area contributed by atoms with Gasteiger partial charge in [-0.2, -0.15) is 0 Å². The third-order valence-corrected chi connectivity index (χ3v) is 5.78. The summed E-state index contributed by atoms with van der Waals surface area (Å²) < 4.78 is 8.10. The Bertz CT molecular complexity index is 1440. The average Bonchev–Trinajstić information content (AvgIpc) is 2.86. The minimum atomic E-state index is -0.633. The highest BCUT2D eigenvalue weighted by atomic mass is 16.5. The number of methoxy groups -OCH3 is 1. The Balaban J connectivity index is 1.54. The van der Waals surface area contributed by atoms with Crippen LogP contribution in [-0.2, 0) is 24.4 Å². The third-order valence-electron chi connectivity index (χ3n) is 5.78. The number of nitrogens with zero attached hydrogens (tertiary/aromatic N) is 2. The van der Waals surface area contributed by atoms with Crippen LogP contribution in [0.1, 0.15) is 23.1 Å². The largest absolute Gasteiger partial charge is 0.497 e. The van der Waals surface area contributed by atoms with Crippen LogP contribution in [0.4, 0.5) is 0 Å². The van der Waals surface area contributed by atoms with Gasteiger partial charge in [0.2, 0.25) is 5.91 Å². The number of amides is 1. The fourth-order valence-electron chi connectivity index (χ4n) is 3.91. The first-order valence-corrected chi connectivity index (χ1v) is 11.1. The molecular weight excluding hydrogens is 430 g/mol. The molecule has 3 aromatic carbocycles. The van der Waals surface area contributed by atoms with E-state index in [4.69, 9.17) is 4.74 Å². The Morgan fingerprint density at radius 3 is 2.24 bits per heavy atom. The lowest BCUT2D eigenvalue weighted by Crippen LogP contribution is -2.42. The molecular formula is C27H27N3O4. The maximum Gasteiger partial charge on any atom is 0.317 e. The molecule has 0 saturated heterocycles. The zero-order valence-corrected chi connectivity index (χ0v) is 19.3. The first-order chi connectivity index (χ1) is 16.5. The lowest BCUT2D eigenvalue weighted by molar-refractivity contribution is -0.121. The maximum absolute atomic E-state index is 13.0. The van der Waals surface area contributed by atoms with Crippen LogP contribution in [0.15, 0.2) is 82.4 Å². The van der Waals surface area contributed by atoms with E-state index in [1.807, 2.05) is 73.7 Å². The van der Waals surface area contributed by atoms with Crippen molar-refractivity contribution in [3.8, 4) is 5.75 Å². The zero-order valence-electron chi connectivity index (χ0n) is 19.3. The van der Waals surface area contributed by atoms with Crippen LogP contribution in [0, 0.1) is 6.92 Å². The summed E-state index contributed by atoms with van der Waals surface area (Å²) in [6, 6.07) is 22.6. The van der Waals surface area contributed by atoms with Gasteiger partial charge in [0.1, 0.15) is 5.75 Å². The molecule has 34 heavy (non-hydrogen) atoms. The van der Waals surface area contributed by atoms with Crippen LogP contribution < -0.4 is 21.2 Å². The first-order valence-electron chi connectivity index (χ1n) is 11.1. The normalized spacial score (nSPS) is 10.9.